The van der Waals surface area contributed by atoms with Crippen molar-refractivity contribution in [1.82, 2.24) is 24.6 Å². The van der Waals surface area contributed by atoms with Gasteiger partial charge in [0, 0.05) is 44.0 Å². The molecule has 2 amide bonds. The van der Waals surface area contributed by atoms with Crippen molar-refractivity contribution < 1.29 is 19.4 Å². The van der Waals surface area contributed by atoms with Crippen molar-refractivity contribution in [1.29, 1.82) is 0 Å². The quantitative estimate of drug-likeness (QED) is 0.676. The molecule has 0 aliphatic carbocycles. The van der Waals surface area contributed by atoms with Crippen LogP contribution >= 0.6 is 0 Å². The number of benzene rings is 1. The van der Waals surface area contributed by atoms with Gasteiger partial charge in [-0.1, -0.05) is 0 Å². The lowest BCUT2D eigenvalue weighted by Crippen LogP contribution is -2.42. The minimum Gasteiger partial charge on any atom is -0.508 e. The number of phenolic OH excluding ortho intramolecular Hbond substituents is 1. The fraction of sp³-hybridized carbons (Fsp3) is 0.211. The Labute approximate surface area is 165 Å². The summed E-state index contributed by atoms with van der Waals surface area (Å²) < 4.78 is 7.14. The van der Waals surface area contributed by atoms with Crippen LogP contribution in [0.5, 0.6) is 17.4 Å². The molecular formula is C19H18N6O4. The highest BCUT2D eigenvalue weighted by atomic mass is 16.5. The molecule has 0 unspecified atom stereocenters. The standard InChI is InChI=1S/C19H18N6O4/c1-24-6-3-16(23-24)22-18(27)12-7-13(26)9-14(8-12)29-17-11-20-15(10-21-17)19(28)25-4-2-5-25/h3,6-11,26H,2,4-5H2,1H3,(H,22,23,27). The van der Waals surface area contributed by atoms with Gasteiger partial charge in [0.1, 0.15) is 17.2 Å². The number of nitrogens with one attached hydrogen (secondary N) is 1. The van der Waals surface area contributed by atoms with Crippen LogP contribution in [0.4, 0.5) is 5.82 Å². The second-order valence-corrected chi connectivity index (χ2v) is 6.53. The Balaban J connectivity index is 1.47. The Hall–Kier alpha value is -3.95. The van der Waals surface area contributed by atoms with E-state index in [0.717, 1.165) is 19.5 Å². The molecule has 1 saturated heterocycles. The van der Waals surface area contributed by atoms with E-state index in [9.17, 15) is 14.7 Å². The maximum atomic E-state index is 12.4. The molecule has 2 N–H and O–H groups in total. The molecule has 10 heteroatoms. The molecule has 1 aromatic carbocycles. The number of amides is 2. The Kier molecular flexibility index (Phi) is 4.82. The number of likely N-dealkylation sites (tertiary alicyclic amines) is 1. The van der Waals surface area contributed by atoms with Crippen molar-refractivity contribution in [3.8, 4) is 17.4 Å². The molecule has 2 aromatic heterocycles. The normalized spacial score (nSPS) is 12.9. The molecule has 4 rings (SSSR count). The SMILES string of the molecule is Cn1ccc(NC(=O)c2cc(O)cc(Oc3cnc(C(=O)N4CCC4)cn3)c2)n1. The number of aromatic nitrogens is 4. The van der Waals surface area contributed by atoms with Crippen molar-refractivity contribution in [3.63, 3.8) is 0 Å². The van der Waals surface area contributed by atoms with Crippen molar-refractivity contribution in [2.24, 2.45) is 7.05 Å². The van der Waals surface area contributed by atoms with E-state index in [2.05, 4.69) is 20.4 Å². The van der Waals surface area contributed by atoms with Crippen LogP contribution in [0.15, 0.2) is 42.9 Å². The first-order valence-corrected chi connectivity index (χ1v) is 8.92. The number of nitrogens with zero attached hydrogens (tertiary/aromatic N) is 5. The molecule has 10 nitrogen and oxygen atoms in total. The molecule has 0 spiro atoms. The first-order valence-electron chi connectivity index (χ1n) is 8.92. The summed E-state index contributed by atoms with van der Waals surface area (Å²) in [5.41, 5.74) is 0.423. The number of ether oxygens (including phenoxy) is 1. The summed E-state index contributed by atoms with van der Waals surface area (Å²) >= 11 is 0. The van der Waals surface area contributed by atoms with Crippen molar-refractivity contribution in [2.45, 2.75) is 6.42 Å². The first-order chi connectivity index (χ1) is 14.0. The maximum absolute atomic E-state index is 12.4. The zero-order valence-electron chi connectivity index (χ0n) is 15.6. The summed E-state index contributed by atoms with van der Waals surface area (Å²) in [5, 5.41) is 16.6. The monoisotopic (exact) mass is 394 g/mol. The zero-order chi connectivity index (χ0) is 20.4. The zero-order valence-corrected chi connectivity index (χ0v) is 15.6. The number of aryl methyl sites for hydroxylation is 1. The lowest BCUT2D eigenvalue weighted by Gasteiger charge is -2.30. The molecule has 1 aliphatic rings. The van der Waals surface area contributed by atoms with E-state index in [1.807, 2.05) is 0 Å². The van der Waals surface area contributed by atoms with Crippen LogP contribution in [-0.2, 0) is 7.05 Å². The van der Waals surface area contributed by atoms with E-state index >= 15 is 0 Å². The van der Waals surface area contributed by atoms with Crippen LogP contribution in [0.25, 0.3) is 0 Å². The van der Waals surface area contributed by atoms with Crippen LogP contribution in [0.1, 0.15) is 27.3 Å². The Bertz CT molecular complexity index is 1060. The highest BCUT2D eigenvalue weighted by molar-refractivity contribution is 6.04. The van der Waals surface area contributed by atoms with Gasteiger partial charge in [-0.05, 0) is 18.6 Å². The lowest BCUT2D eigenvalue weighted by atomic mass is 10.2. The lowest BCUT2D eigenvalue weighted by molar-refractivity contribution is 0.0645. The summed E-state index contributed by atoms with van der Waals surface area (Å²) in [6.07, 6.45) is 5.36. The number of hydrogen-bond acceptors (Lipinski definition) is 7. The average molecular weight is 394 g/mol. The second kappa shape index (κ2) is 7.58. The van der Waals surface area contributed by atoms with Gasteiger partial charge in [0.2, 0.25) is 5.88 Å². The minimum atomic E-state index is -0.453. The molecule has 3 heterocycles. The predicted molar refractivity (Wildman–Crippen MR) is 102 cm³/mol. The van der Waals surface area contributed by atoms with Gasteiger partial charge in [-0.2, -0.15) is 5.10 Å². The number of carbonyl (C=O) groups excluding carboxylic acids is 2. The van der Waals surface area contributed by atoms with E-state index in [-0.39, 0.29) is 34.5 Å². The fourth-order valence-corrected chi connectivity index (χ4v) is 2.72. The van der Waals surface area contributed by atoms with Crippen LogP contribution < -0.4 is 10.1 Å². The van der Waals surface area contributed by atoms with Gasteiger partial charge in [0.05, 0.1) is 12.4 Å². The van der Waals surface area contributed by atoms with Crippen molar-refractivity contribution in [3.05, 3.63) is 54.1 Å². The molecule has 0 bridgehead atoms. The van der Waals surface area contributed by atoms with Crippen molar-refractivity contribution >= 4 is 17.6 Å². The summed E-state index contributed by atoms with van der Waals surface area (Å²) in [5.74, 6) is -0.0471. The van der Waals surface area contributed by atoms with Gasteiger partial charge in [-0.15, -0.1) is 0 Å². The summed E-state index contributed by atoms with van der Waals surface area (Å²) in [6.45, 7) is 1.46. The average Bonchev–Trinajstić information content (AvgIpc) is 3.05. The van der Waals surface area contributed by atoms with Gasteiger partial charge in [0.15, 0.2) is 5.82 Å². The van der Waals surface area contributed by atoms with Crippen LogP contribution in [-0.4, -0.2) is 54.7 Å². The van der Waals surface area contributed by atoms with E-state index in [1.165, 1.54) is 30.6 Å². The summed E-state index contributed by atoms with van der Waals surface area (Å²) in [6, 6.07) is 5.76. The van der Waals surface area contributed by atoms with Gasteiger partial charge in [-0.3, -0.25) is 14.3 Å². The Morgan fingerprint density at radius 3 is 2.62 bits per heavy atom. The van der Waals surface area contributed by atoms with E-state index in [1.54, 1.807) is 28.9 Å². The predicted octanol–water partition coefficient (Wildman–Crippen LogP) is 1.81. The highest BCUT2D eigenvalue weighted by Gasteiger charge is 2.23. The summed E-state index contributed by atoms with van der Waals surface area (Å²) in [7, 11) is 1.74. The Morgan fingerprint density at radius 1 is 1.17 bits per heavy atom. The van der Waals surface area contributed by atoms with Gasteiger partial charge >= 0.3 is 0 Å². The third-order valence-electron chi connectivity index (χ3n) is 4.32. The van der Waals surface area contributed by atoms with Crippen LogP contribution in [0.3, 0.4) is 0 Å². The maximum Gasteiger partial charge on any atom is 0.274 e. The molecule has 0 saturated carbocycles. The molecule has 0 atom stereocenters. The molecule has 148 valence electrons. The molecule has 29 heavy (non-hydrogen) atoms. The van der Waals surface area contributed by atoms with Gasteiger partial charge in [0.25, 0.3) is 11.8 Å². The van der Waals surface area contributed by atoms with Gasteiger partial charge in [-0.25, -0.2) is 9.97 Å². The molecule has 3 aromatic rings. The minimum absolute atomic E-state index is 0.131. The number of carbonyl (C=O) groups is 2. The van der Waals surface area contributed by atoms with E-state index in [0.29, 0.717) is 5.82 Å². The van der Waals surface area contributed by atoms with Crippen LogP contribution in [0.2, 0.25) is 0 Å². The third kappa shape index (κ3) is 4.15. The smallest absolute Gasteiger partial charge is 0.274 e. The topological polar surface area (TPSA) is 122 Å². The second-order valence-electron chi connectivity index (χ2n) is 6.53. The van der Waals surface area contributed by atoms with E-state index in [4.69, 9.17) is 4.74 Å². The fourth-order valence-electron chi connectivity index (χ4n) is 2.72. The largest absolute Gasteiger partial charge is 0.508 e. The van der Waals surface area contributed by atoms with Crippen molar-refractivity contribution in [2.75, 3.05) is 18.4 Å². The molecular weight excluding hydrogens is 376 g/mol. The Morgan fingerprint density at radius 2 is 2.00 bits per heavy atom. The van der Waals surface area contributed by atoms with E-state index < -0.39 is 5.91 Å². The third-order valence-corrected chi connectivity index (χ3v) is 4.32. The highest BCUT2D eigenvalue weighted by Crippen LogP contribution is 2.26. The first kappa shape index (κ1) is 18.4. The van der Waals surface area contributed by atoms with Crippen LogP contribution in [0, 0.1) is 0 Å². The summed E-state index contributed by atoms with van der Waals surface area (Å²) in [4.78, 5) is 34.4. The number of anilines is 1. The molecule has 1 fully saturated rings. The molecule has 0 radical (unpaired) electrons. The number of rotatable bonds is 5. The number of hydrogen-bond donors (Lipinski definition) is 2. The number of phenols is 1. The number of aromatic hydroxyl groups is 1. The molecule has 1 aliphatic heterocycles. The van der Waals surface area contributed by atoms with Gasteiger partial charge < -0.3 is 20.1 Å².